The molecular formula is C25H30N4O3. The van der Waals surface area contributed by atoms with Crippen LogP contribution in [0.2, 0.25) is 0 Å². The Kier molecular flexibility index (Phi) is 5.59. The number of carbonyl (C=O) groups is 1. The molecule has 0 unspecified atom stereocenters. The van der Waals surface area contributed by atoms with Crippen LogP contribution >= 0.6 is 0 Å². The number of aromatic amines is 1. The summed E-state index contributed by atoms with van der Waals surface area (Å²) in [5.41, 5.74) is 5.29. The molecule has 0 spiro atoms. The lowest BCUT2D eigenvalue weighted by Crippen LogP contribution is -2.45. The summed E-state index contributed by atoms with van der Waals surface area (Å²) in [6.45, 7) is 4.63. The number of carbonyl (C=O) groups excluding carboxylic acids is 1. The molecule has 2 saturated carbocycles. The Balaban J connectivity index is 1.51. The van der Waals surface area contributed by atoms with Gasteiger partial charge < -0.3 is 20.1 Å². The summed E-state index contributed by atoms with van der Waals surface area (Å²) in [6.07, 6.45) is 6.98. The summed E-state index contributed by atoms with van der Waals surface area (Å²) in [5, 5.41) is 13.3. The molecule has 32 heavy (non-hydrogen) atoms. The Bertz CT molecular complexity index is 1150. The third-order valence-corrected chi connectivity index (χ3v) is 6.61. The summed E-state index contributed by atoms with van der Waals surface area (Å²) < 4.78 is 6.13. The molecule has 2 atom stereocenters. The fraction of sp³-hybridized carbons (Fsp3) is 0.480. The van der Waals surface area contributed by atoms with Crippen molar-refractivity contribution in [3.05, 3.63) is 41.3 Å². The number of nitrogens with one attached hydrogen (secondary N) is 2. The Morgan fingerprint density at radius 1 is 1.19 bits per heavy atom. The number of aromatic nitrogens is 3. The van der Waals surface area contributed by atoms with Crippen molar-refractivity contribution >= 4 is 16.9 Å². The average molecular weight is 435 g/mol. The lowest BCUT2D eigenvalue weighted by molar-refractivity contribution is 0.0718. The molecule has 5 rings (SSSR count). The highest BCUT2D eigenvalue weighted by atomic mass is 16.5. The number of H-pyrrole nitrogens is 1. The zero-order valence-electron chi connectivity index (χ0n) is 18.6. The van der Waals surface area contributed by atoms with E-state index in [-0.39, 0.29) is 11.9 Å². The standard InChI is InChI=1S/C25H30N4O3/c1-14-7-10-20(32-12-16-8-9-16)17(11-14)22-24-23(27-13-26-22)21(15(2)28-24)25(31)29-18-5-3-4-6-19(18)30/h7,10-11,13,16,18-19,28,30H,3-6,8-9,12H2,1-2H3,(H,29,31)/t18-,19-/m1/s1. The number of rotatable bonds is 6. The largest absolute Gasteiger partial charge is 0.493 e. The Morgan fingerprint density at radius 3 is 2.78 bits per heavy atom. The van der Waals surface area contributed by atoms with Gasteiger partial charge in [-0.1, -0.05) is 24.5 Å². The average Bonchev–Trinajstić information content (AvgIpc) is 3.54. The van der Waals surface area contributed by atoms with Gasteiger partial charge in [0.25, 0.3) is 5.91 Å². The van der Waals surface area contributed by atoms with E-state index in [0.717, 1.165) is 59.5 Å². The highest BCUT2D eigenvalue weighted by Crippen LogP contribution is 2.37. The van der Waals surface area contributed by atoms with Crippen LogP contribution in [0.3, 0.4) is 0 Å². The van der Waals surface area contributed by atoms with E-state index in [1.165, 1.54) is 19.2 Å². The quantitative estimate of drug-likeness (QED) is 0.543. The van der Waals surface area contributed by atoms with Crippen LogP contribution in [-0.2, 0) is 0 Å². The highest BCUT2D eigenvalue weighted by molar-refractivity contribution is 6.09. The van der Waals surface area contributed by atoms with Crippen molar-refractivity contribution in [2.75, 3.05) is 6.61 Å². The number of amides is 1. The number of hydrogen-bond donors (Lipinski definition) is 3. The summed E-state index contributed by atoms with van der Waals surface area (Å²) in [4.78, 5) is 25.5. The minimum atomic E-state index is -0.498. The molecule has 2 heterocycles. The molecule has 7 heteroatoms. The molecule has 2 aromatic heterocycles. The second-order valence-electron chi connectivity index (χ2n) is 9.26. The van der Waals surface area contributed by atoms with E-state index in [1.807, 2.05) is 26.0 Å². The summed E-state index contributed by atoms with van der Waals surface area (Å²) >= 11 is 0. The second kappa shape index (κ2) is 8.54. The van der Waals surface area contributed by atoms with Crippen molar-refractivity contribution in [2.45, 2.75) is 64.5 Å². The Morgan fingerprint density at radius 2 is 2.00 bits per heavy atom. The molecule has 0 bridgehead atoms. The van der Waals surface area contributed by atoms with E-state index in [4.69, 9.17) is 4.74 Å². The molecule has 0 saturated heterocycles. The first-order valence-corrected chi connectivity index (χ1v) is 11.6. The van der Waals surface area contributed by atoms with Crippen molar-refractivity contribution in [3.63, 3.8) is 0 Å². The first kappa shape index (κ1) is 20.9. The number of benzene rings is 1. The molecule has 0 aliphatic heterocycles. The van der Waals surface area contributed by atoms with Gasteiger partial charge in [-0.25, -0.2) is 9.97 Å². The van der Waals surface area contributed by atoms with Gasteiger partial charge in [-0.05, 0) is 57.6 Å². The zero-order chi connectivity index (χ0) is 22.2. The molecule has 0 radical (unpaired) electrons. The lowest BCUT2D eigenvalue weighted by atomic mass is 9.92. The molecule has 2 aliphatic carbocycles. The first-order chi connectivity index (χ1) is 15.5. The van der Waals surface area contributed by atoms with Gasteiger partial charge in [0.2, 0.25) is 0 Å². The fourth-order valence-corrected chi connectivity index (χ4v) is 4.57. The van der Waals surface area contributed by atoms with Gasteiger partial charge >= 0.3 is 0 Å². The van der Waals surface area contributed by atoms with Crippen LogP contribution in [0.5, 0.6) is 5.75 Å². The van der Waals surface area contributed by atoms with Crippen LogP contribution < -0.4 is 10.1 Å². The van der Waals surface area contributed by atoms with Crippen molar-refractivity contribution < 1.29 is 14.6 Å². The van der Waals surface area contributed by atoms with Crippen LogP contribution in [0.25, 0.3) is 22.3 Å². The van der Waals surface area contributed by atoms with Gasteiger partial charge in [-0.3, -0.25) is 4.79 Å². The molecule has 7 nitrogen and oxygen atoms in total. The SMILES string of the molecule is Cc1ccc(OCC2CC2)c(-c2ncnc3c(C(=O)N[C@@H]4CCCC[C@H]4O)c(C)[nH]c23)c1. The molecule has 168 valence electrons. The van der Waals surface area contributed by atoms with Crippen LogP contribution in [0.15, 0.2) is 24.5 Å². The first-order valence-electron chi connectivity index (χ1n) is 11.6. The lowest BCUT2D eigenvalue weighted by Gasteiger charge is -2.28. The van der Waals surface area contributed by atoms with Crippen molar-refractivity contribution in [1.82, 2.24) is 20.3 Å². The number of aliphatic hydroxyl groups is 1. The molecule has 3 aromatic rings. The van der Waals surface area contributed by atoms with Gasteiger partial charge in [0.05, 0.1) is 29.8 Å². The number of aliphatic hydroxyl groups excluding tert-OH is 1. The third kappa shape index (κ3) is 4.09. The number of fused-ring (bicyclic) bond motifs is 1. The predicted molar refractivity (Wildman–Crippen MR) is 123 cm³/mol. The van der Waals surface area contributed by atoms with E-state index in [1.54, 1.807) is 0 Å². The third-order valence-electron chi connectivity index (χ3n) is 6.61. The Labute approximate surface area is 187 Å². The highest BCUT2D eigenvalue weighted by Gasteiger charge is 2.28. The van der Waals surface area contributed by atoms with Crippen LogP contribution in [0.1, 0.15) is 60.1 Å². The van der Waals surface area contributed by atoms with Crippen LogP contribution in [0, 0.1) is 19.8 Å². The van der Waals surface area contributed by atoms with Gasteiger partial charge in [-0.15, -0.1) is 0 Å². The molecule has 2 aliphatic rings. The summed E-state index contributed by atoms with van der Waals surface area (Å²) in [5.74, 6) is 1.23. The number of ether oxygens (including phenoxy) is 1. The minimum absolute atomic E-state index is 0.209. The van der Waals surface area contributed by atoms with E-state index in [2.05, 4.69) is 26.3 Å². The molecule has 2 fully saturated rings. The minimum Gasteiger partial charge on any atom is -0.493 e. The maximum atomic E-state index is 13.2. The summed E-state index contributed by atoms with van der Waals surface area (Å²) in [7, 11) is 0. The smallest absolute Gasteiger partial charge is 0.255 e. The molecule has 1 aromatic carbocycles. The van der Waals surface area contributed by atoms with Crippen molar-refractivity contribution in [3.8, 4) is 17.0 Å². The van der Waals surface area contributed by atoms with Gasteiger partial charge in [0.15, 0.2) is 0 Å². The van der Waals surface area contributed by atoms with Crippen LogP contribution in [0.4, 0.5) is 0 Å². The maximum absolute atomic E-state index is 13.2. The van der Waals surface area contributed by atoms with E-state index >= 15 is 0 Å². The van der Waals surface area contributed by atoms with Gasteiger partial charge in [-0.2, -0.15) is 0 Å². The van der Waals surface area contributed by atoms with E-state index < -0.39 is 6.10 Å². The number of nitrogens with zero attached hydrogens (tertiary/aromatic N) is 2. The van der Waals surface area contributed by atoms with Crippen molar-refractivity contribution in [1.29, 1.82) is 0 Å². The van der Waals surface area contributed by atoms with Gasteiger partial charge in [0.1, 0.15) is 23.3 Å². The molecule has 3 N–H and O–H groups in total. The Hall–Kier alpha value is -2.93. The van der Waals surface area contributed by atoms with E-state index in [9.17, 15) is 9.90 Å². The molecular weight excluding hydrogens is 404 g/mol. The fourth-order valence-electron chi connectivity index (χ4n) is 4.57. The van der Waals surface area contributed by atoms with Gasteiger partial charge in [0, 0.05) is 11.3 Å². The second-order valence-corrected chi connectivity index (χ2v) is 9.26. The summed E-state index contributed by atoms with van der Waals surface area (Å²) in [6, 6.07) is 5.88. The number of hydrogen-bond acceptors (Lipinski definition) is 5. The number of aryl methyl sites for hydroxylation is 2. The normalized spacial score (nSPS) is 21.0. The van der Waals surface area contributed by atoms with Crippen LogP contribution in [-0.4, -0.2) is 44.7 Å². The van der Waals surface area contributed by atoms with Crippen molar-refractivity contribution in [2.24, 2.45) is 5.92 Å². The predicted octanol–water partition coefficient (Wildman–Crippen LogP) is 4.06. The monoisotopic (exact) mass is 434 g/mol. The topological polar surface area (TPSA) is 100 Å². The molecule has 1 amide bonds. The maximum Gasteiger partial charge on any atom is 0.255 e. The van der Waals surface area contributed by atoms with E-state index in [0.29, 0.717) is 23.6 Å². The zero-order valence-corrected chi connectivity index (χ0v) is 18.6.